The molecule has 0 radical (unpaired) electrons. The first-order valence-electron chi connectivity index (χ1n) is 7.63. The molecule has 0 bridgehead atoms. The second-order valence-corrected chi connectivity index (χ2v) is 7.61. The minimum absolute atomic E-state index is 0.0936. The van der Waals surface area contributed by atoms with Crippen molar-refractivity contribution in [1.29, 1.82) is 0 Å². The summed E-state index contributed by atoms with van der Waals surface area (Å²) in [6, 6.07) is 6.90. The van der Waals surface area contributed by atoms with E-state index in [1.54, 1.807) is 0 Å². The van der Waals surface area contributed by atoms with Gasteiger partial charge in [-0.3, -0.25) is 0 Å². The summed E-state index contributed by atoms with van der Waals surface area (Å²) < 4.78 is 66.4. The van der Waals surface area contributed by atoms with Crippen LogP contribution in [0.2, 0.25) is 0 Å². The number of hydrogen-bond donors (Lipinski definition) is 0. The number of hydrogen-bond acceptors (Lipinski definition) is 4. The third-order valence-electron chi connectivity index (χ3n) is 4.05. The second-order valence-electron chi connectivity index (χ2n) is 5.70. The average Bonchev–Trinajstić information content (AvgIpc) is 2.59. The van der Waals surface area contributed by atoms with Crippen molar-refractivity contribution < 1.29 is 21.6 Å². The summed E-state index contributed by atoms with van der Waals surface area (Å²) in [4.78, 5) is 5.45. The van der Waals surface area contributed by atoms with Crippen molar-refractivity contribution in [2.75, 3.05) is 31.1 Å². The van der Waals surface area contributed by atoms with Crippen LogP contribution < -0.4 is 4.90 Å². The Hall–Kier alpha value is -2.13. The lowest BCUT2D eigenvalue weighted by Gasteiger charge is -2.34. The van der Waals surface area contributed by atoms with E-state index in [0.29, 0.717) is 19.2 Å². The van der Waals surface area contributed by atoms with Crippen LogP contribution in [0, 0.1) is 24.4 Å². The highest BCUT2D eigenvalue weighted by molar-refractivity contribution is 7.89. The summed E-state index contributed by atoms with van der Waals surface area (Å²) in [5.41, 5.74) is 0.844. The molecule has 0 saturated carbocycles. The van der Waals surface area contributed by atoms with E-state index in [1.807, 2.05) is 30.0 Å². The SMILES string of the molecule is Cc1cccc(N2CCN(S(=O)(=O)c3ccc(F)c(F)c3F)CC2)n1. The molecule has 2 heterocycles. The maximum Gasteiger partial charge on any atom is 0.246 e. The molecule has 0 atom stereocenters. The lowest BCUT2D eigenvalue weighted by atomic mass is 10.3. The first-order valence-corrected chi connectivity index (χ1v) is 9.07. The summed E-state index contributed by atoms with van der Waals surface area (Å²) in [7, 11) is -4.24. The Morgan fingerprint density at radius 2 is 1.64 bits per heavy atom. The van der Waals surface area contributed by atoms with Gasteiger partial charge < -0.3 is 4.90 Å². The van der Waals surface area contributed by atoms with Crippen molar-refractivity contribution in [2.45, 2.75) is 11.8 Å². The highest BCUT2D eigenvalue weighted by Crippen LogP contribution is 2.24. The Morgan fingerprint density at radius 3 is 2.28 bits per heavy atom. The highest BCUT2D eigenvalue weighted by atomic mass is 32.2. The van der Waals surface area contributed by atoms with E-state index in [2.05, 4.69) is 4.98 Å². The van der Waals surface area contributed by atoms with E-state index in [0.717, 1.165) is 21.9 Å². The quantitative estimate of drug-likeness (QED) is 0.777. The third-order valence-corrected chi connectivity index (χ3v) is 5.97. The molecule has 0 unspecified atom stereocenters. The molecule has 1 fully saturated rings. The van der Waals surface area contributed by atoms with Crippen LogP contribution in [-0.4, -0.2) is 43.9 Å². The van der Waals surface area contributed by atoms with Crippen LogP contribution >= 0.6 is 0 Å². The average molecular weight is 371 g/mol. The standard InChI is InChI=1S/C16H16F3N3O2S/c1-11-3-2-4-14(20-11)21-7-9-22(10-8-21)25(23,24)13-6-5-12(17)15(18)16(13)19/h2-6H,7-10H2,1H3. The van der Waals surface area contributed by atoms with Crippen molar-refractivity contribution in [3.8, 4) is 0 Å². The van der Waals surface area contributed by atoms with Gasteiger partial charge in [0.1, 0.15) is 10.7 Å². The lowest BCUT2D eigenvalue weighted by molar-refractivity contribution is 0.376. The van der Waals surface area contributed by atoms with E-state index < -0.39 is 32.4 Å². The van der Waals surface area contributed by atoms with Crippen molar-refractivity contribution in [2.24, 2.45) is 0 Å². The van der Waals surface area contributed by atoms with Gasteiger partial charge in [0.05, 0.1) is 0 Å². The summed E-state index contributed by atoms with van der Waals surface area (Å²) in [6.45, 7) is 2.77. The van der Waals surface area contributed by atoms with Gasteiger partial charge in [-0.05, 0) is 31.2 Å². The smallest absolute Gasteiger partial charge is 0.246 e. The summed E-state index contributed by atoms with van der Waals surface area (Å²) in [5, 5.41) is 0. The highest BCUT2D eigenvalue weighted by Gasteiger charge is 2.32. The van der Waals surface area contributed by atoms with Gasteiger partial charge in [-0.2, -0.15) is 4.31 Å². The normalized spacial score (nSPS) is 16.2. The molecule has 2 aromatic rings. The Morgan fingerprint density at radius 1 is 0.960 bits per heavy atom. The van der Waals surface area contributed by atoms with Crippen LogP contribution in [0.3, 0.4) is 0 Å². The molecule has 1 aromatic heterocycles. The van der Waals surface area contributed by atoms with Crippen LogP contribution in [0.1, 0.15) is 5.69 Å². The van der Waals surface area contributed by atoms with E-state index in [1.165, 1.54) is 0 Å². The van der Waals surface area contributed by atoms with Crippen molar-refractivity contribution in [3.05, 3.63) is 53.5 Å². The number of aryl methyl sites for hydroxylation is 1. The van der Waals surface area contributed by atoms with Crippen LogP contribution in [0.15, 0.2) is 35.2 Å². The van der Waals surface area contributed by atoms with Gasteiger partial charge in [-0.25, -0.2) is 26.6 Å². The molecule has 0 amide bonds. The molecule has 134 valence electrons. The van der Waals surface area contributed by atoms with Gasteiger partial charge in [-0.1, -0.05) is 6.07 Å². The van der Waals surface area contributed by atoms with E-state index in [4.69, 9.17) is 0 Å². The first-order chi connectivity index (χ1) is 11.8. The number of nitrogens with zero attached hydrogens (tertiary/aromatic N) is 3. The van der Waals surface area contributed by atoms with Gasteiger partial charge in [0.25, 0.3) is 0 Å². The molecule has 1 aliphatic heterocycles. The van der Waals surface area contributed by atoms with Gasteiger partial charge >= 0.3 is 0 Å². The van der Waals surface area contributed by atoms with E-state index >= 15 is 0 Å². The lowest BCUT2D eigenvalue weighted by Crippen LogP contribution is -2.49. The zero-order chi connectivity index (χ0) is 18.2. The monoisotopic (exact) mass is 371 g/mol. The predicted octanol–water partition coefficient (Wildman–Crippen LogP) is 2.32. The van der Waals surface area contributed by atoms with Crippen molar-refractivity contribution in [3.63, 3.8) is 0 Å². The van der Waals surface area contributed by atoms with Crippen LogP contribution in [0.25, 0.3) is 0 Å². The topological polar surface area (TPSA) is 53.5 Å². The van der Waals surface area contributed by atoms with Gasteiger partial charge in [0, 0.05) is 31.9 Å². The maximum atomic E-state index is 13.9. The molecule has 9 heteroatoms. The number of anilines is 1. The molecule has 1 aromatic carbocycles. The summed E-state index contributed by atoms with van der Waals surface area (Å²) in [6.07, 6.45) is 0. The number of pyridine rings is 1. The molecule has 0 aliphatic carbocycles. The largest absolute Gasteiger partial charge is 0.354 e. The zero-order valence-corrected chi connectivity index (χ0v) is 14.2. The van der Waals surface area contributed by atoms with Gasteiger partial charge in [0.2, 0.25) is 10.0 Å². The summed E-state index contributed by atoms with van der Waals surface area (Å²) >= 11 is 0. The van der Waals surface area contributed by atoms with Crippen LogP contribution in [0.4, 0.5) is 19.0 Å². The summed E-state index contributed by atoms with van der Waals surface area (Å²) in [5.74, 6) is -4.17. The van der Waals surface area contributed by atoms with E-state index in [-0.39, 0.29) is 13.1 Å². The number of halogens is 3. The number of benzene rings is 1. The fraction of sp³-hybridized carbons (Fsp3) is 0.312. The minimum atomic E-state index is -4.24. The van der Waals surface area contributed by atoms with Crippen molar-refractivity contribution in [1.82, 2.24) is 9.29 Å². The molecule has 1 aliphatic rings. The molecule has 5 nitrogen and oxygen atoms in total. The minimum Gasteiger partial charge on any atom is -0.354 e. The Kier molecular flexibility index (Phi) is 4.70. The molecule has 0 N–H and O–H groups in total. The Balaban J connectivity index is 1.79. The number of piperazine rings is 1. The fourth-order valence-corrected chi connectivity index (χ4v) is 4.19. The number of aromatic nitrogens is 1. The zero-order valence-electron chi connectivity index (χ0n) is 13.4. The molecule has 0 spiro atoms. The fourth-order valence-electron chi connectivity index (χ4n) is 2.71. The Labute approximate surface area is 143 Å². The second kappa shape index (κ2) is 6.64. The maximum absolute atomic E-state index is 13.9. The molecule has 1 saturated heterocycles. The predicted molar refractivity (Wildman–Crippen MR) is 86.3 cm³/mol. The molecular weight excluding hydrogens is 355 g/mol. The molecular formula is C16H16F3N3O2S. The van der Waals surface area contributed by atoms with Crippen molar-refractivity contribution >= 4 is 15.8 Å². The third kappa shape index (κ3) is 3.34. The van der Waals surface area contributed by atoms with E-state index in [9.17, 15) is 21.6 Å². The molecule has 3 rings (SSSR count). The van der Waals surface area contributed by atoms with Gasteiger partial charge in [0.15, 0.2) is 17.5 Å². The van der Waals surface area contributed by atoms with Crippen LogP contribution in [0.5, 0.6) is 0 Å². The van der Waals surface area contributed by atoms with Gasteiger partial charge in [-0.15, -0.1) is 0 Å². The van der Waals surface area contributed by atoms with Crippen LogP contribution in [-0.2, 0) is 10.0 Å². The first kappa shape index (κ1) is 17.7. The Bertz CT molecular complexity index is 897. The number of sulfonamides is 1. The number of rotatable bonds is 3. The molecule has 25 heavy (non-hydrogen) atoms.